The highest BCUT2D eigenvalue weighted by Crippen LogP contribution is 2.35. The molecule has 136 valence electrons. The molecule has 0 aromatic carbocycles. The van der Waals surface area contributed by atoms with Crippen LogP contribution in [0.2, 0.25) is 0 Å². The van der Waals surface area contributed by atoms with Crippen LogP contribution < -0.4 is 0 Å². The minimum Gasteiger partial charge on any atom is -0.345 e. The van der Waals surface area contributed by atoms with Gasteiger partial charge in [-0.15, -0.1) is 11.3 Å². The molecule has 25 heavy (non-hydrogen) atoms. The van der Waals surface area contributed by atoms with E-state index in [2.05, 4.69) is 23.2 Å². The van der Waals surface area contributed by atoms with E-state index in [0.29, 0.717) is 12.0 Å². The van der Waals surface area contributed by atoms with Gasteiger partial charge in [0.1, 0.15) is 0 Å². The van der Waals surface area contributed by atoms with Gasteiger partial charge in [0.2, 0.25) is 5.91 Å². The first-order valence-corrected chi connectivity index (χ1v) is 9.82. The fourth-order valence-corrected chi connectivity index (χ4v) is 4.78. The van der Waals surface area contributed by atoms with Crippen molar-refractivity contribution in [1.29, 1.82) is 0 Å². The van der Waals surface area contributed by atoms with Gasteiger partial charge in [-0.05, 0) is 50.7 Å². The number of likely N-dealkylation sites (tertiary alicyclic amines) is 1. The Kier molecular flexibility index (Phi) is 5.59. The molecule has 0 aliphatic carbocycles. The van der Waals surface area contributed by atoms with Crippen molar-refractivity contribution in [3.63, 3.8) is 0 Å². The Balaban J connectivity index is 1.71. The van der Waals surface area contributed by atoms with Crippen molar-refractivity contribution in [3.8, 4) is 0 Å². The molecule has 1 fully saturated rings. The van der Waals surface area contributed by atoms with Gasteiger partial charge in [-0.1, -0.05) is 6.07 Å². The van der Waals surface area contributed by atoms with Crippen LogP contribution in [0.4, 0.5) is 0 Å². The maximum absolute atomic E-state index is 12.8. The number of hydrogen-bond acceptors (Lipinski definition) is 4. The van der Waals surface area contributed by atoms with Crippen molar-refractivity contribution in [2.75, 3.05) is 27.2 Å². The number of likely N-dealkylation sites (N-methyl/N-ethyl adjacent to an activating group) is 1. The molecule has 1 aliphatic heterocycles. The number of piperidine rings is 1. The maximum atomic E-state index is 12.8. The Morgan fingerprint density at radius 2 is 2.28 bits per heavy atom. The lowest BCUT2D eigenvalue weighted by Gasteiger charge is -2.40. The molecule has 1 amide bonds. The van der Waals surface area contributed by atoms with Crippen molar-refractivity contribution in [3.05, 3.63) is 40.3 Å². The van der Waals surface area contributed by atoms with E-state index in [1.807, 2.05) is 54.3 Å². The number of carbonyl (C=O) groups excluding carboxylic acids is 1. The van der Waals surface area contributed by atoms with Gasteiger partial charge in [0.05, 0.1) is 12.1 Å². The average molecular weight is 361 g/mol. The monoisotopic (exact) mass is 360 g/mol. The third-order valence-electron chi connectivity index (χ3n) is 5.30. The number of nitrogens with zero attached hydrogens (tertiary/aromatic N) is 4. The van der Waals surface area contributed by atoms with Crippen LogP contribution in [-0.4, -0.2) is 52.7 Å². The molecule has 2 aromatic heterocycles. The highest BCUT2D eigenvalue weighted by Gasteiger charge is 2.33. The largest absolute Gasteiger partial charge is 0.345 e. The minimum absolute atomic E-state index is 0.0665. The topological polar surface area (TPSA) is 41.4 Å². The number of aryl methyl sites for hydroxylation is 1. The molecule has 1 saturated heterocycles. The standard InChI is InChI=1S/C19H28N4OS/c1-14(17-8-6-10-25-17)19(24)22(3)12-15-7-5-9-21(2)18(15)16-11-20-23(4)13-16/h6,8,10-11,13-15,18H,5,7,9,12H2,1-4H3/t14-,15+,18-/m1/s1. The van der Waals surface area contributed by atoms with E-state index in [0.717, 1.165) is 24.4 Å². The molecule has 1 aliphatic rings. The Morgan fingerprint density at radius 1 is 1.48 bits per heavy atom. The van der Waals surface area contributed by atoms with E-state index in [9.17, 15) is 4.79 Å². The Morgan fingerprint density at radius 3 is 2.92 bits per heavy atom. The molecule has 0 radical (unpaired) electrons. The fraction of sp³-hybridized carbons (Fsp3) is 0.579. The molecule has 0 N–H and O–H groups in total. The molecule has 0 spiro atoms. The molecule has 5 nitrogen and oxygen atoms in total. The van der Waals surface area contributed by atoms with Crippen LogP contribution in [0, 0.1) is 5.92 Å². The van der Waals surface area contributed by atoms with Gasteiger partial charge in [-0.2, -0.15) is 5.10 Å². The third-order valence-corrected chi connectivity index (χ3v) is 6.35. The molecular formula is C19H28N4OS. The van der Waals surface area contributed by atoms with Crippen molar-refractivity contribution in [2.45, 2.75) is 31.7 Å². The van der Waals surface area contributed by atoms with E-state index in [1.54, 1.807) is 11.3 Å². The summed E-state index contributed by atoms with van der Waals surface area (Å²) < 4.78 is 1.86. The van der Waals surface area contributed by atoms with Crippen LogP contribution in [0.15, 0.2) is 29.9 Å². The SMILES string of the molecule is C[C@@H](C(=O)N(C)C[C@@H]1CCCN(C)[C@H]1c1cnn(C)c1)c1cccs1. The highest BCUT2D eigenvalue weighted by molar-refractivity contribution is 7.10. The van der Waals surface area contributed by atoms with E-state index in [-0.39, 0.29) is 11.8 Å². The first-order chi connectivity index (χ1) is 12.0. The summed E-state index contributed by atoms with van der Waals surface area (Å²) in [4.78, 5) is 18.3. The summed E-state index contributed by atoms with van der Waals surface area (Å²) in [7, 11) is 6.08. The molecule has 3 heterocycles. The van der Waals surface area contributed by atoms with Crippen LogP contribution in [0.3, 0.4) is 0 Å². The van der Waals surface area contributed by atoms with Crippen LogP contribution in [0.25, 0.3) is 0 Å². The quantitative estimate of drug-likeness (QED) is 0.823. The zero-order valence-corrected chi connectivity index (χ0v) is 16.4. The summed E-state index contributed by atoms with van der Waals surface area (Å²) in [6.07, 6.45) is 6.40. The zero-order chi connectivity index (χ0) is 18.0. The van der Waals surface area contributed by atoms with Crippen LogP contribution in [0.1, 0.15) is 42.2 Å². The number of amides is 1. The second kappa shape index (κ2) is 7.70. The van der Waals surface area contributed by atoms with E-state index < -0.39 is 0 Å². The van der Waals surface area contributed by atoms with Gasteiger partial charge in [-0.3, -0.25) is 14.4 Å². The van der Waals surface area contributed by atoms with Gasteiger partial charge in [0, 0.05) is 43.3 Å². The summed E-state index contributed by atoms with van der Waals surface area (Å²) in [5.41, 5.74) is 1.25. The Bertz CT molecular complexity index is 696. The number of carbonyl (C=O) groups is 1. The fourth-order valence-electron chi connectivity index (χ4n) is 4.00. The molecule has 2 aromatic rings. The van der Waals surface area contributed by atoms with Gasteiger partial charge in [0.15, 0.2) is 0 Å². The van der Waals surface area contributed by atoms with Crippen molar-refractivity contribution < 1.29 is 4.79 Å². The van der Waals surface area contributed by atoms with E-state index in [4.69, 9.17) is 0 Å². The van der Waals surface area contributed by atoms with E-state index in [1.165, 1.54) is 12.0 Å². The average Bonchev–Trinajstić information content (AvgIpc) is 3.25. The Labute approximate surface area is 154 Å². The second-order valence-corrected chi connectivity index (χ2v) is 8.21. The summed E-state index contributed by atoms with van der Waals surface area (Å²) in [5.74, 6) is 0.580. The Hall–Kier alpha value is -1.66. The van der Waals surface area contributed by atoms with Crippen molar-refractivity contribution in [1.82, 2.24) is 19.6 Å². The number of hydrogen-bond donors (Lipinski definition) is 0. The van der Waals surface area contributed by atoms with E-state index >= 15 is 0 Å². The minimum atomic E-state index is -0.0665. The number of aromatic nitrogens is 2. The molecule has 0 bridgehead atoms. The molecule has 3 rings (SSSR count). The lowest BCUT2D eigenvalue weighted by Crippen LogP contribution is -2.43. The highest BCUT2D eigenvalue weighted by atomic mass is 32.1. The first kappa shape index (κ1) is 18.1. The molecule has 3 atom stereocenters. The van der Waals surface area contributed by atoms with Crippen LogP contribution in [0.5, 0.6) is 0 Å². The lowest BCUT2D eigenvalue weighted by atomic mass is 9.85. The summed E-state index contributed by atoms with van der Waals surface area (Å²) in [6, 6.07) is 4.39. The predicted molar refractivity (Wildman–Crippen MR) is 102 cm³/mol. The summed E-state index contributed by atoms with van der Waals surface area (Å²) in [5, 5.41) is 6.38. The first-order valence-electron chi connectivity index (χ1n) is 8.94. The predicted octanol–water partition coefficient (Wildman–Crippen LogP) is 3.13. The third kappa shape index (κ3) is 3.96. The number of rotatable bonds is 5. The number of thiophene rings is 1. The van der Waals surface area contributed by atoms with Crippen molar-refractivity contribution >= 4 is 17.2 Å². The molecule has 6 heteroatoms. The zero-order valence-electron chi connectivity index (χ0n) is 15.6. The van der Waals surface area contributed by atoms with Crippen LogP contribution in [-0.2, 0) is 11.8 Å². The summed E-state index contributed by atoms with van der Waals surface area (Å²) >= 11 is 1.66. The molecule has 0 saturated carbocycles. The van der Waals surface area contributed by atoms with Crippen molar-refractivity contribution in [2.24, 2.45) is 13.0 Å². The summed E-state index contributed by atoms with van der Waals surface area (Å²) in [6.45, 7) is 3.90. The van der Waals surface area contributed by atoms with Gasteiger partial charge in [0.25, 0.3) is 0 Å². The molecular weight excluding hydrogens is 332 g/mol. The maximum Gasteiger partial charge on any atom is 0.230 e. The molecule has 0 unspecified atom stereocenters. The van der Waals surface area contributed by atoms with Gasteiger partial charge < -0.3 is 4.90 Å². The normalized spacial score (nSPS) is 22.7. The smallest absolute Gasteiger partial charge is 0.230 e. The van der Waals surface area contributed by atoms with Crippen LogP contribution >= 0.6 is 11.3 Å². The second-order valence-electron chi connectivity index (χ2n) is 7.23. The lowest BCUT2D eigenvalue weighted by molar-refractivity contribution is -0.132. The van der Waals surface area contributed by atoms with Gasteiger partial charge >= 0.3 is 0 Å². The van der Waals surface area contributed by atoms with Gasteiger partial charge in [-0.25, -0.2) is 0 Å².